The molecule has 6 nitrogen and oxygen atoms in total. The molecule has 0 aliphatic heterocycles. The topological polar surface area (TPSA) is 91.5 Å². The van der Waals surface area contributed by atoms with E-state index in [1.165, 1.54) is 0 Å². The third-order valence-electron chi connectivity index (χ3n) is 3.18. The number of aromatic nitrogens is 4. The van der Waals surface area contributed by atoms with E-state index in [0.717, 1.165) is 10.9 Å². The monoisotopic (exact) mass is 360 g/mol. The van der Waals surface area contributed by atoms with E-state index < -0.39 is 5.69 Å². The molecule has 0 saturated carbocycles. The van der Waals surface area contributed by atoms with Crippen LogP contribution in [-0.4, -0.2) is 19.9 Å². The largest absolute Gasteiger partial charge is 0.326 e. The summed E-state index contributed by atoms with van der Waals surface area (Å²) in [6.45, 7) is 0. The lowest BCUT2D eigenvalue weighted by atomic mass is 10.2. The standard InChI is InChI=1S/C8H4Cl2N2.C8H6N2O2/c9-7-5-3-1-2-4-6(5)11-8(10)12-7;11-7-5-3-1-2-4-6(5)9-8(12)10-7/h1-4H;1-4H,(H2,9,10,11,12). The zero-order valence-corrected chi connectivity index (χ0v) is 13.6. The molecule has 2 N–H and O–H groups in total. The first-order chi connectivity index (χ1) is 11.5. The molecule has 24 heavy (non-hydrogen) atoms. The Labute approximate surface area is 145 Å². The summed E-state index contributed by atoms with van der Waals surface area (Å²) < 4.78 is 0. The van der Waals surface area contributed by atoms with Gasteiger partial charge >= 0.3 is 5.69 Å². The molecule has 120 valence electrons. The highest BCUT2D eigenvalue weighted by Gasteiger charge is 2.02. The molecule has 0 aliphatic rings. The highest BCUT2D eigenvalue weighted by Crippen LogP contribution is 2.20. The van der Waals surface area contributed by atoms with Crippen LogP contribution in [-0.2, 0) is 0 Å². The molecule has 2 aromatic carbocycles. The number of H-pyrrole nitrogens is 2. The number of halogens is 2. The molecule has 4 rings (SSSR count). The number of benzene rings is 2. The van der Waals surface area contributed by atoms with Crippen molar-refractivity contribution >= 4 is 45.0 Å². The average molecular weight is 361 g/mol. The fourth-order valence-corrected chi connectivity index (χ4v) is 2.58. The minimum atomic E-state index is -0.473. The van der Waals surface area contributed by atoms with Gasteiger partial charge in [0.1, 0.15) is 5.15 Å². The molecule has 0 atom stereocenters. The van der Waals surface area contributed by atoms with E-state index >= 15 is 0 Å². The van der Waals surface area contributed by atoms with E-state index in [9.17, 15) is 9.59 Å². The fraction of sp³-hybridized carbons (Fsp3) is 0. The van der Waals surface area contributed by atoms with Crippen LogP contribution in [0.4, 0.5) is 0 Å². The van der Waals surface area contributed by atoms with E-state index in [1.807, 2.05) is 24.3 Å². The Balaban J connectivity index is 0.000000141. The van der Waals surface area contributed by atoms with Crippen molar-refractivity contribution in [1.82, 2.24) is 19.9 Å². The highest BCUT2D eigenvalue weighted by molar-refractivity contribution is 6.35. The Hall–Kier alpha value is -2.70. The zero-order chi connectivity index (χ0) is 17.1. The third-order valence-corrected chi connectivity index (χ3v) is 3.63. The van der Waals surface area contributed by atoms with Crippen LogP contribution in [0, 0.1) is 0 Å². The van der Waals surface area contributed by atoms with Gasteiger partial charge in [-0.25, -0.2) is 14.8 Å². The maximum absolute atomic E-state index is 11.1. The first kappa shape index (κ1) is 16.2. The molecule has 0 fully saturated rings. The number of nitrogens with one attached hydrogen (secondary N) is 2. The summed E-state index contributed by atoms with van der Waals surface area (Å²) in [5.41, 5.74) is 0.502. The molecule has 2 aromatic heterocycles. The number of hydrogen-bond acceptors (Lipinski definition) is 4. The lowest BCUT2D eigenvalue weighted by Gasteiger charge is -1.97. The van der Waals surface area contributed by atoms with Gasteiger partial charge in [0.05, 0.1) is 16.4 Å². The maximum atomic E-state index is 11.1. The van der Waals surface area contributed by atoms with Crippen LogP contribution in [0.25, 0.3) is 21.8 Å². The predicted molar refractivity (Wildman–Crippen MR) is 94.7 cm³/mol. The van der Waals surface area contributed by atoms with Crippen molar-refractivity contribution in [2.75, 3.05) is 0 Å². The molecule has 4 aromatic rings. The van der Waals surface area contributed by atoms with Gasteiger partial charge in [0.25, 0.3) is 5.56 Å². The Morgan fingerprint density at radius 2 is 1.46 bits per heavy atom. The van der Waals surface area contributed by atoms with Gasteiger partial charge < -0.3 is 4.98 Å². The van der Waals surface area contributed by atoms with Crippen molar-refractivity contribution in [3.05, 3.63) is 79.8 Å². The summed E-state index contributed by atoms with van der Waals surface area (Å²) in [6, 6.07) is 14.3. The van der Waals surface area contributed by atoms with Gasteiger partial charge in [0, 0.05) is 5.39 Å². The summed E-state index contributed by atoms with van der Waals surface area (Å²) in [7, 11) is 0. The van der Waals surface area contributed by atoms with Crippen molar-refractivity contribution in [3.63, 3.8) is 0 Å². The molecule has 0 spiro atoms. The molecule has 0 saturated heterocycles. The van der Waals surface area contributed by atoms with Crippen molar-refractivity contribution in [1.29, 1.82) is 0 Å². The normalized spacial score (nSPS) is 10.4. The highest BCUT2D eigenvalue weighted by atomic mass is 35.5. The quantitative estimate of drug-likeness (QED) is 0.372. The van der Waals surface area contributed by atoms with Crippen LogP contribution in [0.3, 0.4) is 0 Å². The molecule has 0 radical (unpaired) electrons. The molecule has 0 aliphatic carbocycles. The molecule has 0 unspecified atom stereocenters. The number of nitrogens with zero attached hydrogens (tertiary/aromatic N) is 2. The smallest absolute Gasteiger partial charge is 0.307 e. The first-order valence-electron chi connectivity index (χ1n) is 6.84. The maximum Gasteiger partial charge on any atom is 0.326 e. The van der Waals surface area contributed by atoms with E-state index in [1.54, 1.807) is 24.3 Å². The second-order valence-corrected chi connectivity index (χ2v) is 5.45. The summed E-state index contributed by atoms with van der Waals surface area (Å²) in [5, 5.41) is 1.89. The summed E-state index contributed by atoms with van der Waals surface area (Å²) in [6.07, 6.45) is 0. The van der Waals surface area contributed by atoms with Gasteiger partial charge in [-0.05, 0) is 35.9 Å². The zero-order valence-electron chi connectivity index (χ0n) is 12.1. The van der Waals surface area contributed by atoms with Crippen molar-refractivity contribution < 1.29 is 0 Å². The van der Waals surface area contributed by atoms with Gasteiger partial charge in [-0.15, -0.1) is 0 Å². The molecule has 0 amide bonds. The van der Waals surface area contributed by atoms with E-state index in [2.05, 4.69) is 19.9 Å². The van der Waals surface area contributed by atoms with Gasteiger partial charge in [-0.3, -0.25) is 9.78 Å². The average Bonchev–Trinajstić information content (AvgIpc) is 2.55. The minimum absolute atomic E-state index is 0.179. The Morgan fingerprint density at radius 1 is 0.792 bits per heavy atom. The van der Waals surface area contributed by atoms with Gasteiger partial charge in [-0.1, -0.05) is 35.9 Å². The number of aromatic amines is 2. The van der Waals surface area contributed by atoms with E-state index in [0.29, 0.717) is 16.1 Å². The second kappa shape index (κ2) is 6.82. The second-order valence-electron chi connectivity index (χ2n) is 4.75. The molecule has 2 heterocycles. The Bertz CT molecular complexity index is 1140. The SMILES string of the molecule is Clc1nc(Cl)c2ccccc2n1.O=c1[nH]c(=O)c2ccccc2[nH]1. The van der Waals surface area contributed by atoms with Crippen LogP contribution in [0.2, 0.25) is 10.4 Å². The Kier molecular flexibility index (Phi) is 4.59. The predicted octanol–water partition coefficient (Wildman–Crippen LogP) is 3.15. The molecule has 8 heteroatoms. The van der Waals surface area contributed by atoms with Gasteiger partial charge in [-0.2, -0.15) is 0 Å². The van der Waals surface area contributed by atoms with Crippen LogP contribution in [0.5, 0.6) is 0 Å². The summed E-state index contributed by atoms with van der Waals surface area (Å²) in [5.74, 6) is 0. The molecular formula is C16H10Cl2N4O2. The van der Waals surface area contributed by atoms with Crippen molar-refractivity contribution in [2.45, 2.75) is 0 Å². The van der Waals surface area contributed by atoms with Crippen molar-refractivity contribution in [2.24, 2.45) is 0 Å². The summed E-state index contributed by atoms with van der Waals surface area (Å²) >= 11 is 11.4. The number of fused-ring (bicyclic) bond motifs is 2. The van der Waals surface area contributed by atoms with Crippen LogP contribution < -0.4 is 11.2 Å². The molecule has 0 bridgehead atoms. The first-order valence-corrected chi connectivity index (χ1v) is 7.59. The lowest BCUT2D eigenvalue weighted by molar-refractivity contribution is 1.08. The van der Waals surface area contributed by atoms with E-state index in [-0.39, 0.29) is 10.8 Å². The van der Waals surface area contributed by atoms with Gasteiger partial charge in [0.15, 0.2) is 0 Å². The minimum Gasteiger partial charge on any atom is -0.307 e. The van der Waals surface area contributed by atoms with Crippen LogP contribution in [0.15, 0.2) is 58.1 Å². The molecular weight excluding hydrogens is 351 g/mol. The van der Waals surface area contributed by atoms with Crippen LogP contribution in [0.1, 0.15) is 0 Å². The lowest BCUT2D eigenvalue weighted by Crippen LogP contribution is -2.21. The fourth-order valence-electron chi connectivity index (χ4n) is 2.13. The van der Waals surface area contributed by atoms with Crippen molar-refractivity contribution in [3.8, 4) is 0 Å². The Morgan fingerprint density at radius 3 is 2.25 bits per heavy atom. The van der Waals surface area contributed by atoms with Gasteiger partial charge in [0.2, 0.25) is 5.28 Å². The number of para-hydroxylation sites is 2. The van der Waals surface area contributed by atoms with Crippen LogP contribution >= 0.6 is 23.2 Å². The number of hydrogen-bond donors (Lipinski definition) is 2. The number of rotatable bonds is 0. The van der Waals surface area contributed by atoms with E-state index in [4.69, 9.17) is 23.2 Å². The third kappa shape index (κ3) is 3.45. The summed E-state index contributed by atoms with van der Waals surface area (Å²) in [4.78, 5) is 34.4.